The summed E-state index contributed by atoms with van der Waals surface area (Å²) in [7, 11) is 0.705. The molecule has 5 aromatic carbocycles. The normalized spacial score (nSPS) is 11.0. The van der Waals surface area contributed by atoms with Crippen molar-refractivity contribution in [2.45, 2.75) is 152 Å². The third kappa shape index (κ3) is 15.6. The maximum absolute atomic E-state index is 8.44. The molecule has 9 heteroatoms. The molecule has 0 atom stereocenters. The molecule has 4 aromatic heterocycles. The minimum atomic E-state index is 0. The number of hydrogen-bond acceptors (Lipinski definition) is 6. The maximum Gasteiger partial charge on any atom is 0.569 e. The minimum Gasteiger partial charge on any atom is -0.537 e. The van der Waals surface area contributed by atoms with Gasteiger partial charge in [0, 0.05) is 53.3 Å². The Hall–Kier alpha value is -5.48. The summed E-state index contributed by atoms with van der Waals surface area (Å²) in [5.41, 5.74) is 17.0. The summed E-state index contributed by atoms with van der Waals surface area (Å²) in [4.78, 5) is 19.4. The molecule has 0 fully saturated rings. The van der Waals surface area contributed by atoms with Gasteiger partial charge >= 0.3 is 7.69 Å². The van der Waals surface area contributed by atoms with Crippen molar-refractivity contribution in [3.8, 4) is 28.0 Å². The van der Waals surface area contributed by atoms with E-state index in [0.29, 0.717) is 13.4 Å². The molecule has 0 amide bonds. The fourth-order valence-corrected chi connectivity index (χ4v) is 10.9. The van der Waals surface area contributed by atoms with E-state index >= 15 is 0 Å². The van der Waals surface area contributed by atoms with Crippen molar-refractivity contribution in [1.29, 1.82) is 0 Å². The zero-order chi connectivity index (χ0) is 51.7. The van der Waals surface area contributed by atoms with Crippen LogP contribution in [0.25, 0.3) is 65.9 Å². The van der Waals surface area contributed by atoms with Gasteiger partial charge in [-0.05, 0) is 142 Å². The predicted octanol–water partition coefficient (Wildman–Crippen LogP) is 19.3. The van der Waals surface area contributed by atoms with E-state index in [2.05, 4.69) is 161 Å². The van der Waals surface area contributed by atoms with Gasteiger partial charge in [-0.1, -0.05) is 203 Å². The number of rotatable bonds is 19. The van der Waals surface area contributed by atoms with Gasteiger partial charge in [0.05, 0.1) is 27.8 Å². The molecule has 1 N–H and O–H groups in total. The molecule has 0 aliphatic heterocycles. The molecule has 0 unspecified atom stereocenters. The third-order valence-corrected chi connectivity index (χ3v) is 14.8. The summed E-state index contributed by atoms with van der Waals surface area (Å²) < 4.78 is 6.96. The maximum atomic E-state index is 8.44. The number of halogens is 2. The van der Waals surface area contributed by atoms with Crippen LogP contribution in [0.2, 0.25) is 0 Å². The Kier molecular flexibility index (Phi) is 22.6. The lowest BCUT2D eigenvalue weighted by Gasteiger charge is -2.14. The van der Waals surface area contributed by atoms with Crippen LogP contribution in [0.15, 0.2) is 130 Å². The van der Waals surface area contributed by atoms with Gasteiger partial charge in [-0.15, -0.1) is 0 Å². The molecule has 6 nitrogen and oxygen atoms in total. The van der Waals surface area contributed by atoms with Gasteiger partial charge in [-0.25, -0.2) is 0 Å². The van der Waals surface area contributed by atoms with Gasteiger partial charge in [-0.2, -0.15) is 0 Å². The Morgan fingerprint density at radius 1 is 0.405 bits per heavy atom. The summed E-state index contributed by atoms with van der Waals surface area (Å²) in [5.74, 6) is 0.676. The van der Waals surface area contributed by atoms with Gasteiger partial charge < -0.3 is 9.68 Å². The standard InChI is InChI=1S/C38H44N2.C14H10Br2N2.C12H18BO2.CH4/c1-5-7-9-11-13-29-15-19-31(20-16-29)35-25-27(3)39-37-33(35)23-24-34-36(26-28(4)40-38(34)37)32-21-17-30(18-22-32)14-12-10-8-6-2;1-7-5-11(15)9-3-4-10-12(16)6-8(2)18-14(10)13(9)17-7;1-2-3-4-5-6-11-7-9-12(10-8-11)15-13-14;/h15-26H,5-14H2,1-4H3;3-6H,1-2H3;7-10,14H,2-6H2,1H3;1H4. The van der Waals surface area contributed by atoms with Crippen LogP contribution in [0.5, 0.6) is 5.75 Å². The van der Waals surface area contributed by atoms with E-state index < -0.39 is 0 Å². The highest BCUT2D eigenvalue weighted by Crippen LogP contribution is 2.37. The quantitative estimate of drug-likeness (QED) is 0.0494. The fraction of sp³-hybridized carbons (Fsp3) is 0.354. The Labute approximate surface area is 459 Å². The van der Waals surface area contributed by atoms with Crippen LogP contribution < -0.4 is 4.65 Å². The highest BCUT2D eigenvalue weighted by Gasteiger charge is 2.15. The summed E-state index contributed by atoms with van der Waals surface area (Å²) in [6.45, 7) is 14.9. The Balaban J connectivity index is 0.000000215. The first-order valence-corrected chi connectivity index (χ1v) is 28.2. The van der Waals surface area contributed by atoms with Gasteiger partial charge in [0.25, 0.3) is 0 Å². The largest absolute Gasteiger partial charge is 0.569 e. The SMILES string of the molecule is C.CCCCCCc1ccc(-c2cc(C)nc3c2ccc2c(-c4ccc(CCCCCC)cc4)cc(C)nc23)cc1.CCCCCCc1ccc(O[B]O)cc1.Cc1cc(Br)c2ccc3c(Br)cc(C)nc3c2n1. The molecule has 4 heterocycles. The Bertz CT molecular complexity index is 3030. The second-order valence-electron chi connectivity index (χ2n) is 19.5. The van der Waals surface area contributed by atoms with Crippen LogP contribution in [0, 0.1) is 27.7 Å². The van der Waals surface area contributed by atoms with Crippen LogP contribution in [-0.4, -0.2) is 32.6 Å². The van der Waals surface area contributed by atoms with E-state index in [1.165, 1.54) is 127 Å². The molecule has 74 heavy (non-hydrogen) atoms. The summed E-state index contributed by atoms with van der Waals surface area (Å²) in [5, 5.41) is 13.0. The second kappa shape index (κ2) is 29.0. The van der Waals surface area contributed by atoms with Crippen molar-refractivity contribution in [1.82, 2.24) is 19.9 Å². The first-order valence-electron chi connectivity index (χ1n) is 26.6. The van der Waals surface area contributed by atoms with E-state index in [4.69, 9.17) is 19.6 Å². The number of hydrogen-bond donors (Lipinski definition) is 1. The number of nitrogens with zero attached hydrogens (tertiary/aromatic N) is 4. The zero-order valence-electron chi connectivity index (χ0n) is 44.1. The molecule has 0 aliphatic rings. The van der Waals surface area contributed by atoms with Gasteiger partial charge in [0.2, 0.25) is 0 Å². The molecular formula is C65H76BBr2N4O2. The predicted molar refractivity (Wildman–Crippen MR) is 325 cm³/mol. The molecule has 385 valence electrons. The van der Waals surface area contributed by atoms with Crippen LogP contribution in [-0.2, 0) is 19.3 Å². The summed E-state index contributed by atoms with van der Waals surface area (Å²) >= 11 is 7.18. The molecule has 0 aliphatic carbocycles. The highest BCUT2D eigenvalue weighted by atomic mass is 79.9. The van der Waals surface area contributed by atoms with Gasteiger partial charge in [0.15, 0.2) is 0 Å². The molecule has 0 saturated heterocycles. The highest BCUT2D eigenvalue weighted by molar-refractivity contribution is 9.11. The lowest BCUT2D eigenvalue weighted by Crippen LogP contribution is -1.99. The Morgan fingerprint density at radius 2 is 0.716 bits per heavy atom. The van der Waals surface area contributed by atoms with Gasteiger partial charge in [0.1, 0.15) is 0 Å². The number of unbranched alkanes of at least 4 members (excludes halogenated alkanes) is 9. The number of pyridine rings is 4. The molecule has 0 spiro atoms. The van der Waals surface area contributed by atoms with Crippen molar-refractivity contribution in [2.75, 3.05) is 0 Å². The lowest BCUT2D eigenvalue weighted by molar-refractivity contribution is 0.453. The fourth-order valence-electron chi connectivity index (χ4n) is 9.61. The van der Waals surface area contributed by atoms with Crippen molar-refractivity contribution < 1.29 is 9.68 Å². The van der Waals surface area contributed by atoms with E-state index in [1.807, 2.05) is 50.2 Å². The monoisotopic (exact) mass is 1110 g/mol. The first-order chi connectivity index (χ1) is 35.5. The van der Waals surface area contributed by atoms with Crippen LogP contribution >= 0.6 is 31.9 Å². The van der Waals surface area contributed by atoms with Crippen molar-refractivity contribution >= 4 is 83.2 Å². The molecule has 0 saturated carbocycles. The smallest absolute Gasteiger partial charge is 0.537 e. The minimum absolute atomic E-state index is 0. The molecule has 0 bridgehead atoms. The van der Waals surface area contributed by atoms with E-state index in [9.17, 15) is 0 Å². The summed E-state index contributed by atoms with van der Waals surface area (Å²) in [6, 6.07) is 43.4. The number of aromatic nitrogens is 4. The average Bonchev–Trinajstić information content (AvgIpc) is 3.39. The van der Waals surface area contributed by atoms with Gasteiger partial charge in [-0.3, -0.25) is 19.9 Å². The number of benzene rings is 5. The van der Waals surface area contributed by atoms with Crippen LogP contribution in [0.4, 0.5) is 0 Å². The molecular weight excluding hydrogens is 1040 g/mol. The molecule has 9 rings (SSSR count). The molecule has 9 aromatic rings. The van der Waals surface area contributed by atoms with E-state index in [0.717, 1.165) is 83.8 Å². The second-order valence-corrected chi connectivity index (χ2v) is 21.2. The van der Waals surface area contributed by atoms with E-state index in [1.54, 1.807) is 0 Å². The molecule has 1 radical (unpaired) electrons. The average molecular weight is 1120 g/mol. The van der Waals surface area contributed by atoms with Crippen LogP contribution in [0.1, 0.15) is 145 Å². The zero-order valence-corrected chi connectivity index (χ0v) is 47.3. The lowest BCUT2D eigenvalue weighted by atomic mass is 9.94. The van der Waals surface area contributed by atoms with Crippen molar-refractivity contribution in [2.24, 2.45) is 0 Å². The van der Waals surface area contributed by atoms with Crippen LogP contribution in [0.3, 0.4) is 0 Å². The number of aryl methyl sites for hydroxylation is 7. The van der Waals surface area contributed by atoms with Crippen molar-refractivity contribution in [3.63, 3.8) is 0 Å². The summed E-state index contributed by atoms with van der Waals surface area (Å²) in [6.07, 6.45) is 19.0. The Morgan fingerprint density at radius 3 is 1.05 bits per heavy atom. The topological polar surface area (TPSA) is 81.0 Å². The third-order valence-electron chi connectivity index (χ3n) is 13.5. The van der Waals surface area contributed by atoms with Crippen molar-refractivity contribution in [3.05, 3.63) is 170 Å². The first kappa shape index (κ1) is 57.8. The van der Waals surface area contributed by atoms with E-state index in [-0.39, 0.29) is 7.43 Å². The number of fused-ring (bicyclic) bond motifs is 6.